The van der Waals surface area contributed by atoms with Gasteiger partial charge in [0.25, 0.3) is 5.91 Å². The molecule has 2 aromatic rings. The maximum absolute atomic E-state index is 12.1. The van der Waals surface area contributed by atoms with Crippen LogP contribution in [-0.2, 0) is 9.84 Å². The van der Waals surface area contributed by atoms with Crippen LogP contribution in [-0.4, -0.2) is 26.5 Å². The maximum Gasteiger partial charge on any atom is 0.257 e. The zero-order valence-corrected chi connectivity index (χ0v) is 14.9. The SMILES string of the molecule is CS(=O)(=O)c1cc(C(=O)NC(=N)N)ccc1Sc1ccccc1Cl. The molecule has 2 rings (SSSR count). The van der Waals surface area contributed by atoms with Gasteiger partial charge in [-0.05, 0) is 30.3 Å². The quantitative estimate of drug-likeness (QED) is 0.554. The molecule has 0 aliphatic heterocycles. The van der Waals surface area contributed by atoms with Gasteiger partial charge < -0.3 is 5.73 Å². The van der Waals surface area contributed by atoms with Crippen molar-refractivity contribution in [1.82, 2.24) is 5.32 Å². The van der Waals surface area contributed by atoms with Gasteiger partial charge in [-0.1, -0.05) is 35.5 Å². The van der Waals surface area contributed by atoms with Gasteiger partial charge >= 0.3 is 0 Å². The number of sulfone groups is 1. The van der Waals surface area contributed by atoms with Gasteiger partial charge in [0.15, 0.2) is 15.8 Å². The Labute approximate surface area is 148 Å². The van der Waals surface area contributed by atoms with Crippen molar-refractivity contribution in [1.29, 1.82) is 5.41 Å². The largest absolute Gasteiger partial charge is 0.370 e. The van der Waals surface area contributed by atoms with Gasteiger partial charge in [0.05, 0.1) is 9.92 Å². The molecule has 2 aromatic carbocycles. The Morgan fingerprint density at radius 1 is 1.21 bits per heavy atom. The Bertz CT molecular complexity index is 914. The highest BCUT2D eigenvalue weighted by Crippen LogP contribution is 2.37. The van der Waals surface area contributed by atoms with Crippen LogP contribution in [0.25, 0.3) is 0 Å². The van der Waals surface area contributed by atoms with Gasteiger partial charge in [-0.25, -0.2) is 8.42 Å². The summed E-state index contributed by atoms with van der Waals surface area (Å²) in [5.41, 5.74) is 5.21. The van der Waals surface area contributed by atoms with Gasteiger partial charge in [-0.2, -0.15) is 0 Å². The lowest BCUT2D eigenvalue weighted by Crippen LogP contribution is -2.35. The number of nitrogens with one attached hydrogen (secondary N) is 2. The molecule has 1 amide bonds. The van der Waals surface area contributed by atoms with Crippen molar-refractivity contribution in [3.8, 4) is 0 Å². The molecule has 9 heteroatoms. The number of halogens is 1. The highest BCUT2D eigenvalue weighted by molar-refractivity contribution is 8.00. The molecule has 0 bridgehead atoms. The number of hydrogen-bond acceptors (Lipinski definition) is 5. The fraction of sp³-hybridized carbons (Fsp3) is 0.0667. The molecule has 0 aromatic heterocycles. The van der Waals surface area contributed by atoms with E-state index in [9.17, 15) is 13.2 Å². The Morgan fingerprint density at radius 3 is 2.46 bits per heavy atom. The summed E-state index contributed by atoms with van der Waals surface area (Å²) in [5, 5.41) is 9.69. The zero-order valence-electron chi connectivity index (χ0n) is 12.5. The van der Waals surface area contributed by atoms with Crippen LogP contribution in [0.2, 0.25) is 5.02 Å². The summed E-state index contributed by atoms with van der Waals surface area (Å²) in [6.45, 7) is 0. The molecule has 126 valence electrons. The summed E-state index contributed by atoms with van der Waals surface area (Å²) in [7, 11) is -3.58. The van der Waals surface area contributed by atoms with Crippen LogP contribution >= 0.6 is 23.4 Å². The Morgan fingerprint density at radius 2 is 1.88 bits per heavy atom. The zero-order chi connectivity index (χ0) is 17.9. The predicted molar refractivity (Wildman–Crippen MR) is 94.5 cm³/mol. The van der Waals surface area contributed by atoms with E-state index in [1.165, 1.54) is 30.0 Å². The van der Waals surface area contributed by atoms with Crippen molar-refractivity contribution in [2.45, 2.75) is 14.7 Å². The number of carbonyl (C=O) groups excluding carboxylic acids is 1. The fourth-order valence-electron chi connectivity index (χ4n) is 1.86. The molecule has 0 aliphatic rings. The first-order valence-corrected chi connectivity index (χ1v) is 9.69. The van der Waals surface area contributed by atoms with E-state index in [2.05, 4.69) is 5.32 Å². The van der Waals surface area contributed by atoms with Gasteiger partial charge in [-0.15, -0.1) is 0 Å². The van der Waals surface area contributed by atoms with Crippen molar-refractivity contribution < 1.29 is 13.2 Å². The molecule has 24 heavy (non-hydrogen) atoms. The third-order valence-electron chi connectivity index (χ3n) is 2.91. The molecular weight excluding hydrogens is 370 g/mol. The summed E-state index contributed by atoms with van der Waals surface area (Å²) >= 11 is 7.30. The first-order chi connectivity index (χ1) is 11.2. The van der Waals surface area contributed by atoms with E-state index in [0.29, 0.717) is 14.8 Å². The van der Waals surface area contributed by atoms with Crippen LogP contribution in [0.15, 0.2) is 57.2 Å². The molecule has 0 fully saturated rings. The summed E-state index contributed by atoms with van der Waals surface area (Å²) < 4.78 is 24.2. The lowest BCUT2D eigenvalue weighted by molar-refractivity contribution is 0.0976. The van der Waals surface area contributed by atoms with E-state index < -0.39 is 21.7 Å². The minimum Gasteiger partial charge on any atom is -0.370 e. The van der Waals surface area contributed by atoms with Crippen molar-refractivity contribution >= 4 is 45.1 Å². The molecule has 0 saturated carbocycles. The monoisotopic (exact) mass is 383 g/mol. The van der Waals surface area contributed by atoms with Crippen molar-refractivity contribution in [2.75, 3.05) is 6.26 Å². The first kappa shape index (κ1) is 18.3. The number of rotatable bonds is 4. The van der Waals surface area contributed by atoms with Gasteiger partial charge in [-0.3, -0.25) is 15.5 Å². The van der Waals surface area contributed by atoms with Crippen LogP contribution in [0.3, 0.4) is 0 Å². The van der Waals surface area contributed by atoms with Crippen LogP contribution in [0.1, 0.15) is 10.4 Å². The molecule has 0 aliphatic carbocycles. The van der Waals surface area contributed by atoms with Crippen molar-refractivity contribution in [2.24, 2.45) is 5.73 Å². The van der Waals surface area contributed by atoms with E-state index in [1.54, 1.807) is 24.3 Å². The van der Waals surface area contributed by atoms with Gasteiger partial charge in [0.1, 0.15) is 0 Å². The number of amides is 1. The molecule has 0 unspecified atom stereocenters. The molecule has 4 N–H and O–H groups in total. The third-order valence-corrected chi connectivity index (χ3v) is 5.77. The predicted octanol–water partition coefficient (Wildman–Crippen LogP) is 2.52. The molecule has 0 heterocycles. The van der Waals surface area contributed by atoms with E-state index in [-0.39, 0.29) is 10.5 Å². The first-order valence-electron chi connectivity index (χ1n) is 6.60. The third kappa shape index (κ3) is 4.50. The summed E-state index contributed by atoms with van der Waals surface area (Å²) in [6.07, 6.45) is 1.06. The van der Waals surface area contributed by atoms with E-state index in [1.807, 2.05) is 0 Å². The Kier molecular flexibility index (Phi) is 5.53. The highest BCUT2D eigenvalue weighted by Gasteiger charge is 2.18. The second-order valence-corrected chi connectivity index (χ2v) is 8.31. The standard InChI is InChI=1S/C15H14ClN3O3S2/c1-24(21,22)13-8-9(14(20)19-15(17)18)6-7-12(13)23-11-5-3-2-4-10(11)16/h2-8H,1H3,(H4,17,18,19,20). The fourth-order valence-corrected chi connectivity index (χ4v) is 4.31. The second kappa shape index (κ2) is 7.25. The average Bonchev–Trinajstić information content (AvgIpc) is 2.48. The molecular formula is C15H14ClN3O3S2. The number of guanidine groups is 1. The summed E-state index contributed by atoms with van der Waals surface area (Å²) in [6, 6.07) is 11.3. The Hall–Kier alpha value is -2.03. The second-order valence-electron chi connectivity index (χ2n) is 4.83. The average molecular weight is 384 g/mol. The number of carbonyl (C=O) groups is 1. The van der Waals surface area contributed by atoms with E-state index >= 15 is 0 Å². The van der Waals surface area contributed by atoms with Crippen LogP contribution in [0.4, 0.5) is 0 Å². The lowest BCUT2D eigenvalue weighted by Gasteiger charge is -2.11. The van der Waals surface area contributed by atoms with Crippen molar-refractivity contribution in [3.63, 3.8) is 0 Å². The van der Waals surface area contributed by atoms with Crippen LogP contribution in [0, 0.1) is 5.41 Å². The minimum absolute atomic E-state index is 0.00335. The molecule has 6 nitrogen and oxygen atoms in total. The molecule has 0 atom stereocenters. The normalized spacial score (nSPS) is 11.1. The highest BCUT2D eigenvalue weighted by atomic mass is 35.5. The van der Waals surface area contributed by atoms with Gasteiger partial charge in [0.2, 0.25) is 0 Å². The van der Waals surface area contributed by atoms with Crippen LogP contribution < -0.4 is 11.1 Å². The van der Waals surface area contributed by atoms with Gasteiger partial charge in [0, 0.05) is 21.6 Å². The molecule has 0 spiro atoms. The Balaban J connectivity index is 2.47. The summed E-state index contributed by atoms with van der Waals surface area (Å²) in [5.74, 6) is -1.17. The summed E-state index contributed by atoms with van der Waals surface area (Å²) in [4.78, 5) is 13.1. The van der Waals surface area contributed by atoms with E-state index in [0.717, 1.165) is 6.26 Å². The molecule has 0 saturated heterocycles. The minimum atomic E-state index is -3.58. The van der Waals surface area contributed by atoms with Crippen LogP contribution in [0.5, 0.6) is 0 Å². The topological polar surface area (TPSA) is 113 Å². The number of nitrogens with two attached hydrogens (primary N) is 1. The smallest absolute Gasteiger partial charge is 0.257 e. The molecule has 0 radical (unpaired) electrons. The number of hydrogen-bond donors (Lipinski definition) is 3. The lowest BCUT2D eigenvalue weighted by atomic mass is 10.2. The maximum atomic E-state index is 12.1. The van der Waals surface area contributed by atoms with Crippen molar-refractivity contribution in [3.05, 3.63) is 53.1 Å². The van der Waals surface area contributed by atoms with E-state index in [4.69, 9.17) is 22.7 Å². The number of benzene rings is 2.